The van der Waals surface area contributed by atoms with E-state index >= 15 is 0 Å². The molecule has 8 nitrogen and oxygen atoms in total. The Hall–Kier alpha value is -3.54. The van der Waals surface area contributed by atoms with Crippen LogP contribution < -0.4 is 33.1 Å². The highest BCUT2D eigenvalue weighted by Crippen LogP contribution is 2.61. The summed E-state index contributed by atoms with van der Waals surface area (Å²) in [5, 5.41) is 0.463. The molecular weight excluding hydrogens is 658 g/mol. The molecule has 3 heterocycles. The van der Waals surface area contributed by atoms with Crippen molar-refractivity contribution in [2.24, 2.45) is 0 Å². The normalized spacial score (nSPS) is 19.2. The van der Waals surface area contributed by atoms with Gasteiger partial charge in [-0.2, -0.15) is 4.89 Å². The van der Waals surface area contributed by atoms with Gasteiger partial charge < -0.3 is 23.3 Å². The summed E-state index contributed by atoms with van der Waals surface area (Å²) < 4.78 is 44.9. The molecule has 0 aromatic heterocycles. The lowest BCUT2D eigenvalue weighted by Crippen LogP contribution is -2.28. The molecule has 0 bridgehead atoms. The highest BCUT2D eigenvalue weighted by Gasteiger charge is 2.54. The van der Waals surface area contributed by atoms with Gasteiger partial charge in [0.25, 0.3) is 0 Å². The van der Waals surface area contributed by atoms with Gasteiger partial charge in [0.2, 0.25) is 20.1 Å². The molecule has 7 rings (SSSR count). The van der Waals surface area contributed by atoms with Crippen molar-refractivity contribution < 1.29 is 37.2 Å². The molecule has 258 valence electrons. The molecule has 0 amide bonds. The molecule has 0 fully saturated rings. The lowest BCUT2D eigenvalue weighted by atomic mass is 9.98. The number of rotatable bonds is 10. The predicted molar refractivity (Wildman–Crippen MR) is 194 cm³/mol. The molecule has 3 aliphatic heterocycles. The van der Waals surface area contributed by atoms with Crippen LogP contribution in [0.2, 0.25) is 0 Å². The van der Waals surface area contributed by atoms with Crippen molar-refractivity contribution in [2.45, 2.75) is 97.1 Å². The van der Waals surface area contributed by atoms with Crippen LogP contribution >= 0.6 is 17.0 Å². The number of ether oxygens (including phenoxy) is 3. The standard InChI is InChI=1S/C39H45O8P2/c1-36(2)22-25-14-11-19-30(33(25)41-36)44-48-47-39(7,8)28-17-9-10-18-29(28)45-49(40,32-21-13-16-27-24-38(5,6)43-35(27)32)46-31-20-12-15-26-23-37(3,4)42-34(26)31/h9-21,40,48H,22-24H2,1-8H3/q+1. The quantitative estimate of drug-likeness (QED) is 0.164. The largest absolute Gasteiger partial charge is 0.537 e. The van der Waals surface area contributed by atoms with E-state index in [9.17, 15) is 4.89 Å². The summed E-state index contributed by atoms with van der Waals surface area (Å²) in [6.45, 7) is 16.2. The van der Waals surface area contributed by atoms with Crippen molar-refractivity contribution in [3.05, 3.63) is 101 Å². The maximum atomic E-state index is 12.8. The fraction of sp³-hybridized carbons (Fsp3) is 0.385. The zero-order valence-corrected chi connectivity index (χ0v) is 31.3. The molecule has 10 heteroatoms. The first-order valence-electron chi connectivity index (χ1n) is 16.7. The van der Waals surface area contributed by atoms with E-state index in [1.807, 2.05) is 114 Å². The fourth-order valence-electron chi connectivity index (χ4n) is 6.80. The van der Waals surface area contributed by atoms with E-state index in [1.165, 1.54) is 0 Å². The minimum atomic E-state index is -3.93. The summed E-state index contributed by atoms with van der Waals surface area (Å²) in [5.74, 6) is 3.44. The number of fused-ring (bicyclic) bond motifs is 3. The van der Waals surface area contributed by atoms with Crippen molar-refractivity contribution in [2.75, 3.05) is 0 Å². The van der Waals surface area contributed by atoms with Crippen LogP contribution in [0.25, 0.3) is 0 Å². The van der Waals surface area contributed by atoms with E-state index in [1.54, 1.807) is 0 Å². The Morgan fingerprint density at radius 1 is 0.612 bits per heavy atom. The summed E-state index contributed by atoms with van der Waals surface area (Å²) in [5.41, 5.74) is 1.82. The second-order valence-electron chi connectivity index (χ2n) is 15.4. The van der Waals surface area contributed by atoms with E-state index in [2.05, 4.69) is 19.9 Å². The van der Waals surface area contributed by atoms with Crippen LogP contribution in [-0.2, 0) is 29.4 Å². The highest BCUT2D eigenvalue weighted by molar-refractivity contribution is 7.69. The van der Waals surface area contributed by atoms with Gasteiger partial charge in [-0.05, 0) is 79.7 Å². The van der Waals surface area contributed by atoms with E-state index in [-0.39, 0.29) is 14.6 Å². The van der Waals surface area contributed by atoms with Crippen molar-refractivity contribution in [1.82, 2.24) is 0 Å². The topological polar surface area (TPSA) is 84.8 Å². The van der Waals surface area contributed by atoms with Gasteiger partial charge in [0.1, 0.15) is 16.8 Å². The zero-order valence-electron chi connectivity index (χ0n) is 29.4. The van der Waals surface area contributed by atoms with Gasteiger partial charge in [-0.3, -0.25) is 9.05 Å². The second kappa shape index (κ2) is 12.1. The van der Waals surface area contributed by atoms with Crippen molar-refractivity contribution in [3.8, 4) is 34.5 Å². The van der Waals surface area contributed by atoms with Gasteiger partial charge in [0.15, 0.2) is 28.7 Å². The molecule has 49 heavy (non-hydrogen) atoms. The molecule has 0 radical (unpaired) electrons. The van der Waals surface area contributed by atoms with Crippen LogP contribution in [0.1, 0.15) is 77.6 Å². The Morgan fingerprint density at radius 3 is 1.71 bits per heavy atom. The molecule has 3 aliphatic rings. The van der Waals surface area contributed by atoms with Crippen LogP contribution in [0.15, 0.2) is 78.9 Å². The Kier molecular flexibility index (Phi) is 8.35. The van der Waals surface area contributed by atoms with Crippen LogP contribution in [0.3, 0.4) is 0 Å². The lowest BCUT2D eigenvalue weighted by Gasteiger charge is -2.28. The first-order chi connectivity index (χ1) is 23.0. The minimum absolute atomic E-state index is 0.287. The lowest BCUT2D eigenvalue weighted by molar-refractivity contribution is 0.115. The van der Waals surface area contributed by atoms with E-state index in [0.29, 0.717) is 46.0 Å². The van der Waals surface area contributed by atoms with Gasteiger partial charge in [0, 0.05) is 41.5 Å². The Bertz CT molecular complexity index is 1900. The second-order valence-corrected chi connectivity index (χ2v) is 17.8. The Balaban J connectivity index is 1.20. The third-order valence-electron chi connectivity index (χ3n) is 8.91. The van der Waals surface area contributed by atoms with Gasteiger partial charge in [-0.15, -0.1) is 0 Å². The van der Waals surface area contributed by atoms with Crippen LogP contribution in [0.4, 0.5) is 0 Å². The van der Waals surface area contributed by atoms with E-state index in [4.69, 9.17) is 32.3 Å². The Morgan fingerprint density at radius 2 is 1.08 bits per heavy atom. The van der Waals surface area contributed by atoms with Crippen LogP contribution in [0.5, 0.6) is 34.5 Å². The first-order valence-corrected chi connectivity index (χ1v) is 19.1. The average Bonchev–Trinajstić information content (AvgIpc) is 3.63. The van der Waals surface area contributed by atoms with E-state index in [0.717, 1.165) is 35.3 Å². The van der Waals surface area contributed by atoms with Gasteiger partial charge in [-0.25, -0.2) is 0 Å². The third kappa shape index (κ3) is 6.81. The molecule has 4 aromatic rings. The van der Waals surface area contributed by atoms with Crippen molar-refractivity contribution >= 4 is 22.3 Å². The maximum absolute atomic E-state index is 12.8. The molecule has 2 atom stereocenters. The molecule has 0 saturated carbocycles. The van der Waals surface area contributed by atoms with Crippen LogP contribution in [0, 0.1) is 0 Å². The Labute approximate surface area is 291 Å². The summed E-state index contributed by atoms with van der Waals surface area (Å²) in [4.78, 5) is 12.8. The predicted octanol–water partition coefficient (Wildman–Crippen LogP) is 9.20. The first kappa shape index (κ1) is 33.9. The monoisotopic (exact) mass is 703 g/mol. The molecule has 0 aliphatic carbocycles. The molecular formula is C39H45O8P2+. The number of para-hydroxylation sites is 4. The summed E-state index contributed by atoms with van der Waals surface area (Å²) in [7, 11) is -4.27. The minimum Gasteiger partial charge on any atom is -0.483 e. The smallest absolute Gasteiger partial charge is 0.483 e. The zero-order chi connectivity index (χ0) is 34.8. The van der Waals surface area contributed by atoms with Gasteiger partial charge in [-0.1, -0.05) is 54.6 Å². The maximum Gasteiger partial charge on any atom is 0.537 e. The SMILES string of the molecule is CC1(C)Cc2cccc(OPOC(C)(C)c3ccccc3O[P+](O)(Oc3cccc4c3OC(C)(C)C4)c3cccc4c3OC(C)(C)C4)c2O1. The summed E-state index contributed by atoms with van der Waals surface area (Å²) in [6, 6.07) is 25.0. The third-order valence-corrected chi connectivity index (χ3v) is 11.7. The highest BCUT2D eigenvalue weighted by atomic mass is 31.2. The molecule has 0 spiro atoms. The molecule has 2 unspecified atom stereocenters. The summed E-state index contributed by atoms with van der Waals surface area (Å²) in [6.07, 6.45) is 2.23. The molecule has 0 saturated heterocycles. The van der Waals surface area contributed by atoms with Crippen LogP contribution in [-0.4, -0.2) is 21.7 Å². The molecule has 1 N–H and O–H groups in total. The molecule has 4 aromatic carbocycles. The van der Waals surface area contributed by atoms with E-state index < -0.39 is 24.7 Å². The van der Waals surface area contributed by atoms with Crippen molar-refractivity contribution in [3.63, 3.8) is 0 Å². The number of hydrogen-bond acceptors (Lipinski definition) is 8. The van der Waals surface area contributed by atoms with Gasteiger partial charge in [0.05, 0.1) is 5.60 Å². The van der Waals surface area contributed by atoms with Gasteiger partial charge >= 0.3 is 7.94 Å². The number of hydrogen-bond donors (Lipinski definition) is 1. The number of benzene rings is 4. The van der Waals surface area contributed by atoms with Crippen molar-refractivity contribution in [1.29, 1.82) is 0 Å². The average molecular weight is 704 g/mol. The summed E-state index contributed by atoms with van der Waals surface area (Å²) >= 11 is 0. The fourth-order valence-corrected chi connectivity index (χ4v) is 9.20.